The van der Waals surface area contributed by atoms with Gasteiger partial charge in [-0.3, -0.25) is 4.79 Å². The van der Waals surface area contributed by atoms with Crippen LogP contribution in [0.2, 0.25) is 0 Å². The van der Waals surface area contributed by atoms with E-state index in [2.05, 4.69) is 102 Å². The predicted molar refractivity (Wildman–Crippen MR) is 220 cm³/mol. The van der Waals surface area contributed by atoms with Gasteiger partial charge in [-0.15, -0.1) is 27.8 Å². The van der Waals surface area contributed by atoms with Crippen molar-refractivity contribution in [2.45, 2.75) is 120 Å². The van der Waals surface area contributed by atoms with Crippen LogP contribution in [0.25, 0.3) is 50.0 Å². The number of aryl methyl sites for hydroxylation is 4. The number of nitrogens with one attached hydrogen (secondary N) is 1. The van der Waals surface area contributed by atoms with Crippen molar-refractivity contribution in [1.29, 1.82) is 0 Å². The van der Waals surface area contributed by atoms with Gasteiger partial charge in [0, 0.05) is 6.92 Å². The molecule has 12 heteroatoms. The van der Waals surface area contributed by atoms with E-state index >= 15 is 0 Å². The second kappa shape index (κ2) is 21.9. The number of carbonyl (C=O) groups excluding carboxylic acids is 2. The fourth-order valence-corrected chi connectivity index (χ4v) is 7.70. The van der Waals surface area contributed by atoms with Crippen LogP contribution in [0.4, 0.5) is 0 Å². The largest absolute Gasteiger partial charge is 4.00 e. The van der Waals surface area contributed by atoms with Gasteiger partial charge in [0.15, 0.2) is 0 Å². The van der Waals surface area contributed by atoms with E-state index in [0.717, 1.165) is 96.2 Å². The van der Waals surface area contributed by atoms with Crippen LogP contribution in [0.1, 0.15) is 133 Å². The molecule has 54 heavy (non-hydrogen) atoms. The van der Waals surface area contributed by atoms with Crippen LogP contribution in [-0.2, 0) is 72.4 Å². The maximum atomic E-state index is 10.8. The van der Waals surface area contributed by atoms with E-state index in [4.69, 9.17) is 30.4 Å². The quantitative estimate of drug-likeness (QED) is 0.147. The summed E-state index contributed by atoms with van der Waals surface area (Å²) in [6, 6.07) is 8.29. The zero-order valence-corrected chi connectivity index (χ0v) is 36.7. The molecule has 0 unspecified atom stereocenters. The predicted octanol–water partition coefficient (Wildman–Crippen LogP) is 8.81. The number of methoxy groups -OCH3 is 1. The molecule has 8 bridgehead atoms. The Balaban J connectivity index is 0.000000622. The molecule has 1 atom stereocenters. The Bertz CT molecular complexity index is 1790. The first-order valence-electron chi connectivity index (χ1n) is 18.8. The van der Waals surface area contributed by atoms with E-state index in [1.807, 2.05) is 0 Å². The number of carbonyl (C=O) groups is 2. The van der Waals surface area contributed by atoms with Crippen molar-refractivity contribution in [2.75, 3.05) is 12.9 Å². The Labute approximate surface area is 339 Å². The van der Waals surface area contributed by atoms with Gasteiger partial charge in [0.25, 0.3) is 0 Å². The summed E-state index contributed by atoms with van der Waals surface area (Å²) in [6.07, 6.45) is 7.60. The fraction of sp³-hybridized carbons (Fsp3) is 0.476. The molecular weight excluding hydrogens is 875 g/mol. The van der Waals surface area contributed by atoms with Crippen LogP contribution in [0.3, 0.4) is 0 Å². The van der Waals surface area contributed by atoms with Crippen LogP contribution in [-0.4, -0.2) is 40.7 Å². The van der Waals surface area contributed by atoms with Gasteiger partial charge < -0.3 is 43.2 Å². The van der Waals surface area contributed by atoms with Gasteiger partial charge in [-0.1, -0.05) is 102 Å². The summed E-state index contributed by atoms with van der Waals surface area (Å²) in [7, 11) is 1.25. The number of allylic oxidation sites excluding steroid dienone is 4. The SMILES string of the molecule is CCC1=C(CC)c2cc3[n-]c(cc4nc(cc5[n-]c(cc1n2)c(CC)c5CC)C(CC)=C4CC)c(CC)c3CC.COC(=O)[C@H](C[S-])NC(C)=O.[N-]=O.[Os+4]. The topological polar surface area (TPSA) is 149 Å². The van der Waals surface area contributed by atoms with E-state index in [1.165, 1.54) is 58.6 Å². The van der Waals surface area contributed by atoms with Crippen molar-refractivity contribution in [2.24, 2.45) is 0 Å². The summed E-state index contributed by atoms with van der Waals surface area (Å²) < 4.78 is 4.38. The minimum Gasteiger partial charge on any atom is -0.790 e. The van der Waals surface area contributed by atoms with Gasteiger partial charge in [0.05, 0.1) is 29.9 Å². The maximum absolute atomic E-state index is 10.8. The molecule has 2 aliphatic heterocycles. The van der Waals surface area contributed by atoms with Gasteiger partial charge >= 0.3 is 25.8 Å². The molecule has 2 aliphatic rings. The Morgan fingerprint density at radius 3 is 1.09 bits per heavy atom. The maximum Gasteiger partial charge on any atom is 4.00 e. The van der Waals surface area contributed by atoms with Gasteiger partial charge in [0.2, 0.25) is 5.91 Å². The number of hydrogen-bond acceptors (Lipinski definition) is 7. The number of nitroso groups, excluding NO2 is 1. The van der Waals surface area contributed by atoms with Crippen molar-refractivity contribution in [3.8, 4) is 0 Å². The third kappa shape index (κ3) is 9.86. The monoisotopic (exact) mass is 930 g/mol. The Hall–Kier alpha value is -3.87. The Morgan fingerprint density at radius 2 is 0.907 bits per heavy atom. The molecule has 0 aromatic carbocycles. The van der Waals surface area contributed by atoms with Crippen LogP contribution >= 0.6 is 0 Å². The molecule has 10 nitrogen and oxygen atoms in total. The summed E-state index contributed by atoms with van der Waals surface area (Å²) in [5.74, 6) is -0.660. The van der Waals surface area contributed by atoms with Crippen LogP contribution < -0.4 is 15.3 Å². The van der Waals surface area contributed by atoms with E-state index in [9.17, 15) is 9.59 Å². The first-order chi connectivity index (χ1) is 25.6. The van der Waals surface area contributed by atoms with Crippen molar-refractivity contribution in [3.05, 3.63) is 79.8 Å². The second-order valence-corrected chi connectivity index (χ2v) is 13.0. The van der Waals surface area contributed by atoms with Crippen molar-refractivity contribution in [1.82, 2.24) is 25.3 Å². The number of esters is 1. The standard InChI is InChI=1S/C36H44N4.C6H11NO3S.NO.Os/c1-9-21-22(10-2)30-18-32-25(13-5)26(14-6)34(39-32)20-36-28(16-8)27(15-7)35(40-36)19-33-24(12-4)23(11-3)31(38-33)17-29(21)37-30;1-4(8)7-5(3-11)6(9)10-2;1-2;/h17-20H,9-16H2,1-8H3;5,11H,3H2,1-2H3,(H,7,8);;/q-2;;-1;+4/p-1/t;5-;;/m.0../s1. The number of ether oxygens (including phenoxy) is 1. The molecule has 5 heterocycles. The molecule has 5 rings (SSSR count). The summed E-state index contributed by atoms with van der Waals surface area (Å²) >= 11 is 4.62. The third-order valence-electron chi connectivity index (χ3n) is 9.85. The number of amides is 1. The number of hydrogen-bond donors (Lipinski definition) is 1. The van der Waals surface area contributed by atoms with Crippen molar-refractivity contribution < 1.29 is 34.1 Å². The molecular formula is C42H54N6O4OsS. The molecule has 0 saturated carbocycles. The summed E-state index contributed by atoms with van der Waals surface area (Å²) in [6.45, 7) is 19.3. The number of aromatic nitrogens is 4. The zero-order valence-electron chi connectivity index (χ0n) is 33.4. The smallest absolute Gasteiger partial charge is 0.790 e. The first kappa shape index (κ1) is 46.3. The molecule has 0 fully saturated rings. The summed E-state index contributed by atoms with van der Waals surface area (Å²) in [5, 5.41) is 2.36. The molecule has 290 valence electrons. The van der Waals surface area contributed by atoms with Crippen LogP contribution in [0.5, 0.6) is 0 Å². The average Bonchev–Trinajstić information content (AvgIpc) is 3.89. The first-order valence-corrected chi connectivity index (χ1v) is 19.4. The van der Waals surface area contributed by atoms with E-state index in [0.29, 0.717) is 0 Å². The summed E-state index contributed by atoms with van der Waals surface area (Å²) in [4.78, 5) is 49.5. The number of rotatable bonds is 11. The van der Waals surface area contributed by atoms with Gasteiger partial charge in [-0.25, -0.2) is 14.8 Å². The minimum atomic E-state index is -0.688. The summed E-state index contributed by atoms with van der Waals surface area (Å²) in [5.41, 5.74) is 24.9. The number of fused-ring (bicyclic) bond motifs is 8. The normalized spacial score (nSPS) is 12.6. The number of nitrogens with zero attached hydrogens (tertiary/aromatic N) is 5. The molecule has 1 amide bonds. The van der Waals surface area contributed by atoms with Crippen LogP contribution in [0, 0.1) is 4.91 Å². The van der Waals surface area contributed by atoms with Crippen LogP contribution in [0.15, 0.2) is 24.3 Å². The molecule has 3 aromatic rings. The average molecular weight is 929 g/mol. The zero-order chi connectivity index (χ0) is 39.4. The van der Waals surface area contributed by atoms with E-state index < -0.39 is 12.0 Å². The molecule has 3 aromatic heterocycles. The van der Waals surface area contributed by atoms with E-state index in [-0.39, 0.29) is 31.5 Å². The van der Waals surface area contributed by atoms with Gasteiger partial charge in [-0.05, 0) is 73.7 Å². The molecule has 0 radical (unpaired) electrons. The van der Waals surface area contributed by atoms with Gasteiger partial charge in [-0.2, -0.15) is 0 Å². The second-order valence-electron chi connectivity index (χ2n) is 12.7. The van der Waals surface area contributed by atoms with Crippen molar-refractivity contribution >= 4 is 68.9 Å². The Morgan fingerprint density at radius 1 is 0.630 bits per heavy atom. The molecule has 1 N–H and O–H groups in total. The van der Waals surface area contributed by atoms with Crippen molar-refractivity contribution in [3.63, 3.8) is 0 Å². The molecule has 0 aliphatic carbocycles. The minimum absolute atomic E-state index is 0. The molecule has 0 spiro atoms. The fourth-order valence-electron chi connectivity index (χ4n) is 7.48. The van der Waals surface area contributed by atoms with E-state index in [1.54, 1.807) is 0 Å². The third-order valence-corrected chi connectivity index (χ3v) is 10.2. The Kier molecular flexibility index (Phi) is 18.7. The van der Waals surface area contributed by atoms with Gasteiger partial charge in [0.1, 0.15) is 6.04 Å². The molecule has 0 saturated heterocycles.